The van der Waals surface area contributed by atoms with Crippen molar-refractivity contribution in [3.63, 3.8) is 0 Å². The summed E-state index contributed by atoms with van der Waals surface area (Å²) in [7, 11) is 0. The summed E-state index contributed by atoms with van der Waals surface area (Å²) in [6.45, 7) is 0. The van der Waals surface area contributed by atoms with Crippen LogP contribution >= 0.6 is 11.6 Å². The van der Waals surface area contributed by atoms with Gasteiger partial charge in [-0.1, -0.05) is 17.7 Å². The van der Waals surface area contributed by atoms with E-state index >= 15 is 0 Å². The predicted molar refractivity (Wildman–Crippen MR) is 92.9 cm³/mol. The summed E-state index contributed by atoms with van der Waals surface area (Å²) in [5.41, 5.74) is -5.17. The van der Waals surface area contributed by atoms with Gasteiger partial charge in [-0.2, -0.15) is 31.4 Å². The molecule has 1 heterocycles. The number of rotatable bonds is 3. The maximum absolute atomic E-state index is 14.1. The van der Waals surface area contributed by atoms with Gasteiger partial charge in [0.05, 0.1) is 28.7 Å². The fourth-order valence-electron chi connectivity index (χ4n) is 2.60. The highest BCUT2D eigenvalue weighted by Crippen LogP contribution is 2.36. The molecular weight excluding hydrogens is 443 g/mol. The Labute approximate surface area is 168 Å². The van der Waals surface area contributed by atoms with Gasteiger partial charge >= 0.3 is 12.4 Å². The lowest BCUT2D eigenvalue weighted by Crippen LogP contribution is -2.21. The highest BCUT2D eigenvalue weighted by atomic mass is 35.5. The van der Waals surface area contributed by atoms with Crippen molar-refractivity contribution < 1.29 is 35.5 Å². The molecule has 158 valence electrons. The van der Waals surface area contributed by atoms with E-state index in [0.717, 1.165) is 12.1 Å². The van der Waals surface area contributed by atoms with Gasteiger partial charge in [-0.3, -0.25) is 4.79 Å². The highest BCUT2D eigenvalue weighted by Gasteiger charge is 2.41. The number of benzene rings is 2. The number of aromatic nitrogens is 2. The molecule has 1 aromatic heterocycles. The summed E-state index contributed by atoms with van der Waals surface area (Å²) < 4.78 is 93.8. The van der Waals surface area contributed by atoms with E-state index in [1.165, 1.54) is 24.3 Å². The lowest BCUT2D eigenvalue weighted by atomic mass is 10.1. The second-order valence-electron chi connectivity index (χ2n) is 5.91. The quantitative estimate of drug-likeness (QED) is 0.500. The molecule has 0 fully saturated rings. The van der Waals surface area contributed by atoms with E-state index in [9.17, 15) is 35.5 Å². The number of nitrogens with zero attached hydrogens (tertiary/aromatic N) is 2. The van der Waals surface area contributed by atoms with Crippen LogP contribution in [0.1, 0.15) is 21.6 Å². The molecule has 0 aliphatic heterocycles. The van der Waals surface area contributed by atoms with Gasteiger partial charge in [-0.05, 0) is 36.4 Å². The number of hydrogen-bond donors (Lipinski definition) is 1. The normalized spacial score (nSPS) is 12.1. The lowest BCUT2D eigenvalue weighted by Gasteiger charge is -2.14. The first-order valence-electron chi connectivity index (χ1n) is 7.98. The monoisotopic (exact) mass is 451 g/mol. The third kappa shape index (κ3) is 4.25. The van der Waals surface area contributed by atoms with E-state index in [1.807, 2.05) is 0 Å². The molecule has 4 nitrogen and oxygen atoms in total. The molecule has 3 aromatic rings. The van der Waals surface area contributed by atoms with Gasteiger partial charge in [0.2, 0.25) is 0 Å². The van der Waals surface area contributed by atoms with E-state index in [2.05, 4.69) is 5.10 Å². The SMILES string of the molecule is O=C(Nc1cccc(C(F)(F)F)c1F)c1cnn(-c2ccc(Cl)cc2)c1C(F)(F)F. The number of amides is 1. The molecule has 0 spiro atoms. The van der Waals surface area contributed by atoms with Gasteiger partial charge in [0.15, 0.2) is 11.5 Å². The molecule has 12 heteroatoms. The number of anilines is 1. The summed E-state index contributed by atoms with van der Waals surface area (Å²) in [5.74, 6) is -3.31. The maximum Gasteiger partial charge on any atom is 0.434 e. The van der Waals surface area contributed by atoms with E-state index < -0.39 is 46.6 Å². The Morgan fingerprint density at radius 1 is 0.967 bits per heavy atom. The van der Waals surface area contributed by atoms with Crippen LogP contribution < -0.4 is 5.32 Å². The standard InChI is InChI=1S/C18H9ClF7N3O/c19-9-4-6-10(7-5-9)29-15(18(24,25)26)11(8-27-29)16(30)28-13-3-1-2-12(14(13)20)17(21,22)23/h1-8H,(H,28,30). The van der Waals surface area contributed by atoms with Crippen molar-refractivity contribution >= 4 is 23.2 Å². The fourth-order valence-corrected chi connectivity index (χ4v) is 2.73. The van der Waals surface area contributed by atoms with Crippen molar-refractivity contribution in [3.05, 3.63) is 76.3 Å². The van der Waals surface area contributed by atoms with Crippen LogP contribution in [-0.4, -0.2) is 15.7 Å². The van der Waals surface area contributed by atoms with Crippen molar-refractivity contribution in [2.75, 3.05) is 5.32 Å². The van der Waals surface area contributed by atoms with Gasteiger partial charge in [0.25, 0.3) is 5.91 Å². The minimum absolute atomic E-state index is 0.0731. The van der Waals surface area contributed by atoms with Gasteiger partial charge in [0.1, 0.15) is 0 Å². The molecule has 0 bridgehead atoms. The van der Waals surface area contributed by atoms with Gasteiger partial charge in [-0.25, -0.2) is 9.07 Å². The molecule has 0 aliphatic carbocycles. The Morgan fingerprint density at radius 3 is 2.17 bits per heavy atom. The third-order valence-corrected chi connectivity index (χ3v) is 4.16. The van der Waals surface area contributed by atoms with Crippen LogP contribution in [0.15, 0.2) is 48.7 Å². The van der Waals surface area contributed by atoms with Crippen molar-refractivity contribution in [1.82, 2.24) is 9.78 Å². The summed E-state index contributed by atoms with van der Waals surface area (Å²) in [6.07, 6.45) is -9.53. The fraction of sp³-hybridized carbons (Fsp3) is 0.111. The summed E-state index contributed by atoms with van der Waals surface area (Å²) in [5, 5.41) is 5.53. The van der Waals surface area contributed by atoms with Crippen LogP contribution in [0.5, 0.6) is 0 Å². The van der Waals surface area contributed by atoms with Gasteiger partial charge in [-0.15, -0.1) is 0 Å². The second-order valence-corrected chi connectivity index (χ2v) is 6.35. The van der Waals surface area contributed by atoms with Crippen LogP contribution in [0.3, 0.4) is 0 Å². The molecule has 1 amide bonds. The summed E-state index contributed by atoms with van der Waals surface area (Å²) in [4.78, 5) is 12.4. The number of carbonyl (C=O) groups excluding carboxylic acids is 1. The van der Waals surface area contributed by atoms with Crippen molar-refractivity contribution in [3.8, 4) is 5.69 Å². The molecule has 2 aromatic carbocycles. The average molecular weight is 452 g/mol. The molecule has 3 rings (SSSR count). The van der Waals surface area contributed by atoms with E-state index in [-0.39, 0.29) is 10.7 Å². The van der Waals surface area contributed by atoms with Crippen LogP contribution in [0.25, 0.3) is 5.69 Å². The number of halogens is 8. The number of alkyl halides is 6. The molecule has 0 aliphatic rings. The van der Waals surface area contributed by atoms with Crippen LogP contribution in [0.2, 0.25) is 5.02 Å². The Hall–Kier alpha value is -3.08. The molecule has 0 saturated heterocycles. The number of nitrogens with one attached hydrogen (secondary N) is 1. The lowest BCUT2D eigenvalue weighted by molar-refractivity contribution is -0.143. The molecule has 1 N–H and O–H groups in total. The second kappa shape index (κ2) is 7.63. The maximum atomic E-state index is 14.1. The van der Waals surface area contributed by atoms with Crippen molar-refractivity contribution in [1.29, 1.82) is 0 Å². The third-order valence-electron chi connectivity index (χ3n) is 3.91. The van der Waals surface area contributed by atoms with Crippen molar-refractivity contribution in [2.24, 2.45) is 0 Å². The zero-order valence-electron chi connectivity index (χ0n) is 14.4. The first-order chi connectivity index (χ1) is 13.9. The minimum atomic E-state index is -5.06. The van der Waals surface area contributed by atoms with Crippen molar-refractivity contribution in [2.45, 2.75) is 12.4 Å². The van der Waals surface area contributed by atoms with Crippen LogP contribution in [-0.2, 0) is 12.4 Å². The molecule has 0 unspecified atom stereocenters. The Morgan fingerprint density at radius 2 is 1.60 bits per heavy atom. The molecule has 0 radical (unpaired) electrons. The first kappa shape index (κ1) is 21.6. The molecule has 0 atom stereocenters. The van der Waals surface area contributed by atoms with E-state index in [1.54, 1.807) is 5.32 Å². The molecule has 0 saturated carbocycles. The van der Waals surface area contributed by atoms with E-state index in [0.29, 0.717) is 16.9 Å². The number of hydrogen-bond acceptors (Lipinski definition) is 2. The Kier molecular flexibility index (Phi) is 5.50. The largest absolute Gasteiger partial charge is 0.434 e. The van der Waals surface area contributed by atoms with Crippen LogP contribution in [0.4, 0.5) is 36.4 Å². The summed E-state index contributed by atoms with van der Waals surface area (Å²) in [6, 6.07) is 7.08. The minimum Gasteiger partial charge on any atom is -0.319 e. The zero-order valence-corrected chi connectivity index (χ0v) is 15.2. The first-order valence-corrected chi connectivity index (χ1v) is 8.35. The predicted octanol–water partition coefficient (Wildman–Crippen LogP) is 5.95. The topological polar surface area (TPSA) is 46.9 Å². The van der Waals surface area contributed by atoms with Gasteiger partial charge < -0.3 is 5.32 Å². The Balaban J connectivity index is 2.03. The van der Waals surface area contributed by atoms with Gasteiger partial charge in [0, 0.05) is 5.02 Å². The Bertz CT molecular complexity index is 1090. The van der Waals surface area contributed by atoms with E-state index in [4.69, 9.17) is 11.6 Å². The molecular formula is C18H9ClF7N3O. The van der Waals surface area contributed by atoms with Crippen LogP contribution in [0, 0.1) is 5.82 Å². The highest BCUT2D eigenvalue weighted by molar-refractivity contribution is 6.30. The zero-order chi connectivity index (χ0) is 22.3. The summed E-state index contributed by atoms with van der Waals surface area (Å²) >= 11 is 5.70. The average Bonchev–Trinajstić information content (AvgIpc) is 3.09. The smallest absolute Gasteiger partial charge is 0.319 e. The molecule has 30 heavy (non-hydrogen) atoms. The number of carbonyl (C=O) groups is 1.